The molecule has 1 aliphatic rings. The van der Waals surface area contributed by atoms with Gasteiger partial charge in [-0.05, 0) is 25.7 Å². The summed E-state index contributed by atoms with van der Waals surface area (Å²) in [5.41, 5.74) is 0. The normalized spacial score (nSPS) is 24.8. The third kappa shape index (κ3) is 3.35. The number of rotatable bonds is 3. The molecular weight excluding hydrogens is 166 g/mol. The van der Waals surface area contributed by atoms with Crippen molar-refractivity contribution in [3.05, 3.63) is 0 Å². The van der Waals surface area contributed by atoms with Crippen LogP contribution in [0.2, 0.25) is 0 Å². The van der Waals surface area contributed by atoms with E-state index in [0.29, 0.717) is 18.8 Å². The SMILES string of the molecule is CC(O)CCC(=O)N1CCC(C)C1. The maximum absolute atomic E-state index is 11.5. The van der Waals surface area contributed by atoms with E-state index >= 15 is 0 Å². The Morgan fingerprint density at radius 1 is 1.69 bits per heavy atom. The van der Waals surface area contributed by atoms with E-state index in [1.165, 1.54) is 0 Å². The average Bonchev–Trinajstić information content (AvgIpc) is 2.47. The number of carbonyl (C=O) groups excluding carboxylic acids is 1. The number of hydrogen-bond donors (Lipinski definition) is 1. The number of likely N-dealkylation sites (tertiary alicyclic amines) is 1. The molecule has 0 bridgehead atoms. The van der Waals surface area contributed by atoms with Crippen LogP contribution in [-0.2, 0) is 4.79 Å². The maximum Gasteiger partial charge on any atom is 0.222 e. The second kappa shape index (κ2) is 4.61. The Morgan fingerprint density at radius 2 is 2.38 bits per heavy atom. The highest BCUT2D eigenvalue weighted by molar-refractivity contribution is 5.76. The molecule has 2 atom stereocenters. The molecule has 1 amide bonds. The van der Waals surface area contributed by atoms with Crippen LogP contribution in [0.4, 0.5) is 0 Å². The Balaban J connectivity index is 2.24. The van der Waals surface area contributed by atoms with Crippen LogP contribution in [0, 0.1) is 5.92 Å². The van der Waals surface area contributed by atoms with E-state index in [1.807, 2.05) is 4.90 Å². The molecule has 0 aromatic carbocycles. The highest BCUT2D eigenvalue weighted by atomic mass is 16.3. The molecule has 1 heterocycles. The summed E-state index contributed by atoms with van der Waals surface area (Å²) in [6, 6.07) is 0. The molecule has 1 rings (SSSR count). The second-order valence-electron chi connectivity index (χ2n) is 4.12. The molecule has 0 aromatic rings. The van der Waals surface area contributed by atoms with Crippen molar-refractivity contribution in [3.63, 3.8) is 0 Å². The second-order valence-corrected chi connectivity index (χ2v) is 4.12. The van der Waals surface area contributed by atoms with Crippen LogP contribution in [0.5, 0.6) is 0 Å². The van der Waals surface area contributed by atoms with Crippen LogP contribution in [-0.4, -0.2) is 35.1 Å². The average molecular weight is 185 g/mol. The van der Waals surface area contributed by atoms with E-state index in [-0.39, 0.29) is 12.0 Å². The molecule has 0 aliphatic carbocycles. The number of aliphatic hydroxyl groups excluding tert-OH is 1. The van der Waals surface area contributed by atoms with Crippen LogP contribution < -0.4 is 0 Å². The minimum Gasteiger partial charge on any atom is -0.393 e. The predicted molar refractivity (Wildman–Crippen MR) is 51.3 cm³/mol. The molecule has 0 spiro atoms. The fraction of sp³-hybridized carbons (Fsp3) is 0.900. The van der Waals surface area contributed by atoms with E-state index in [0.717, 1.165) is 19.5 Å². The molecule has 1 N–H and O–H groups in total. The zero-order valence-corrected chi connectivity index (χ0v) is 8.49. The molecule has 1 fully saturated rings. The smallest absolute Gasteiger partial charge is 0.222 e. The Labute approximate surface area is 79.7 Å². The fourth-order valence-electron chi connectivity index (χ4n) is 1.65. The summed E-state index contributed by atoms with van der Waals surface area (Å²) in [6.45, 7) is 5.69. The summed E-state index contributed by atoms with van der Waals surface area (Å²) in [7, 11) is 0. The van der Waals surface area contributed by atoms with E-state index in [4.69, 9.17) is 5.11 Å². The summed E-state index contributed by atoms with van der Waals surface area (Å²) in [4.78, 5) is 13.4. The molecule has 2 unspecified atom stereocenters. The van der Waals surface area contributed by atoms with Gasteiger partial charge in [0.2, 0.25) is 5.91 Å². The monoisotopic (exact) mass is 185 g/mol. The lowest BCUT2D eigenvalue weighted by molar-refractivity contribution is -0.130. The van der Waals surface area contributed by atoms with Gasteiger partial charge in [0, 0.05) is 19.5 Å². The minimum absolute atomic E-state index is 0.199. The molecule has 3 heteroatoms. The number of nitrogens with zero attached hydrogens (tertiary/aromatic N) is 1. The van der Waals surface area contributed by atoms with Crippen LogP contribution in [0.15, 0.2) is 0 Å². The Hall–Kier alpha value is -0.570. The zero-order valence-electron chi connectivity index (χ0n) is 8.49. The summed E-state index contributed by atoms with van der Waals surface area (Å²) in [6.07, 6.45) is 1.85. The topological polar surface area (TPSA) is 40.5 Å². The van der Waals surface area contributed by atoms with Crippen molar-refractivity contribution in [2.24, 2.45) is 5.92 Å². The minimum atomic E-state index is -0.357. The van der Waals surface area contributed by atoms with Gasteiger partial charge in [0.05, 0.1) is 6.10 Å². The lowest BCUT2D eigenvalue weighted by atomic mass is 10.2. The molecule has 13 heavy (non-hydrogen) atoms. The summed E-state index contributed by atoms with van der Waals surface area (Å²) >= 11 is 0. The largest absolute Gasteiger partial charge is 0.393 e. The van der Waals surface area contributed by atoms with E-state index in [2.05, 4.69) is 6.92 Å². The summed E-state index contributed by atoms with van der Waals surface area (Å²) in [5.74, 6) is 0.848. The van der Waals surface area contributed by atoms with Gasteiger partial charge >= 0.3 is 0 Å². The lowest BCUT2D eigenvalue weighted by Gasteiger charge is -2.16. The third-order valence-corrected chi connectivity index (χ3v) is 2.55. The van der Waals surface area contributed by atoms with Crippen LogP contribution in [0.1, 0.15) is 33.1 Å². The van der Waals surface area contributed by atoms with Crippen molar-refractivity contribution in [2.45, 2.75) is 39.2 Å². The summed E-state index contributed by atoms with van der Waals surface area (Å²) in [5, 5.41) is 9.03. The number of carbonyl (C=O) groups is 1. The molecular formula is C10H19NO2. The van der Waals surface area contributed by atoms with Gasteiger partial charge in [-0.25, -0.2) is 0 Å². The first kappa shape index (κ1) is 10.5. The first-order valence-corrected chi connectivity index (χ1v) is 5.05. The maximum atomic E-state index is 11.5. The lowest BCUT2D eigenvalue weighted by Crippen LogP contribution is -2.28. The van der Waals surface area contributed by atoms with Gasteiger partial charge in [-0.1, -0.05) is 6.92 Å². The Morgan fingerprint density at radius 3 is 2.85 bits per heavy atom. The number of hydrogen-bond acceptors (Lipinski definition) is 2. The standard InChI is InChI=1S/C10H19NO2/c1-8-5-6-11(7-8)10(13)4-3-9(2)12/h8-9,12H,3-7H2,1-2H3. The Bertz CT molecular complexity index is 180. The van der Waals surface area contributed by atoms with E-state index in [1.54, 1.807) is 6.92 Å². The van der Waals surface area contributed by atoms with Crippen molar-refractivity contribution in [1.82, 2.24) is 4.90 Å². The molecule has 0 aromatic heterocycles. The van der Waals surface area contributed by atoms with Crippen molar-refractivity contribution in [1.29, 1.82) is 0 Å². The van der Waals surface area contributed by atoms with Gasteiger partial charge in [0.15, 0.2) is 0 Å². The highest BCUT2D eigenvalue weighted by Gasteiger charge is 2.22. The van der Waals surface area contributed by atoms with Crippen molar-refractivity contribution in [2.75, 3.05) is 13.1 Å². The molecule has 0 radical (unpaired) electrons. The molecule has 1 aliphatic heterocycles. The Kier molecular flexibility index (Phi) is 3.72. The van der Waals surface area contributed by atoms with Gasteiger partial charge in [-0.2, -0.15) is 0 Å². The van der Waals surface area contributed by atoms with Gasteiger partial charge < -0.3 is 10.0 Å². The first-order chi connectivity index (χ1) is 6.09. The van der Waals surface area contributed by atoms with Gasteiger partial charge in [0.25, 0.3) is 0 Å². The van der Waals surface area contributed by atoms with E-state index < -0.39 is 0 Å². The van der Waals surface area contributed by atoms with Crippen molar-refractivity contribution in [3.8, 4) is 0 Å². The predicted octanol–water partition coefficient (Wildman–Crippen LogP) is 1.02. The highest BCUT2D eigenvalue weighted by Crippen LogP contribution is 2.16. The van der Waals surface area contributed by atoms with E-state index in [9.17, 15) is 4.79 Å². The molecule has 0 saturated carbocycles. The van der Waals surface area contributed by atoms with Gasteiger partial charge in [0.1, 0.15) is 0 Å². The van der Waals surface area contributed by atoms with Gasteiger partial charge in [-0.15, -0.1) is 0 Å². The molecule has 3 nitrogen and oxygen atoms in total. The number of aliphatic hydroxyl groups is 1. The number of amides is 1. The van der Waals surface area contributed by atoms with Crippen LogP contribution in [0.25, 0.3) is 0 Å². The first-order valence-electron chi connectivity index (χ1n) is 5.05. The van der Waals surface area contributed by atoms with Gasteiger partial charge in [-0.3, -0.25) is 4.79 Å². The molecule has 1 saturated heterocycles. The van der Waals surface area contributed by atoms with Crippen LogP contribution in [0.3, 0.4) is 0 Å². The zero-order chi connectivity index (χ0) is 9.84. The van der Waals surface area contributed by atoms with Crippen molar-refractivity contribution < 1.29 is 9.90 Å². The summed E-state index contributed by atoms with van der Waals surface area (Å²) < 4.78 is 0. The quantitative estimate of drug-likeness (QED) is 0.713. The van der Waals surface area contributed by atoms with Crippen molar-refractivity contribution >= 4 is 5.91 Å². The van der Waals surface area contributed by atoms with Crippen LogP contribution >= 0.6 is 0 Å². The molecule has 76 valence electrons. The third-order valence-electron chi connectivity index (χ3n) is 2.55. The fourth-order valence-corrected chi connectivity index (χ4v) is 1.65.